The van der Waals surface area contributed by atoms with Gasteiger partial charge in [-0.15, -0.1) is 0 Å². The summed E-state index contributed by atoms with van der Waals surface area (Å²) in [6.45, 7) is 4.73. The third-order valence-corrected chi connectivity index (χ3v) is 4.51. The van der Waals surface area contributed by atoms with Crippen LogP contribution in [0.1, 0.15) is 38.7 Å². The van der Waals surface area contributed by atoms with E-state index in [1.54, 1.807) is 0 Å². The Morgan fingerprint density at radius 3 is 2.62 bits per heavy atom. The lowest BCUT2D eigenvalue weighted by atomic mass is 9.91. The summed E-state index contributed by atoms with van der Waals surface area (Å²) in [5, 5.41) is 12.0. The summed E-state index contributed by atoms with van der Waals surface area (Å²) in [4.78, 5) is 23.6. The lowest BCUT2D eigenvalue weighted by Gasteiger charge is -2.25. The number of carbonyl (C=O) groups is 2. The second-order valence-corrected chi connectivity index (χ2v) is 6.80. The second kappa shape index (κ2) is 8.83. The molecule has 1 amide bonds. The average Bonchev–Trinajstić information content (AvgIpc) is 3.03. The summed E-state index contributed by atoms with van der Waals surface area (Å²) in [7, 11) is 0. The zero-order valence-corrected chi connectivity index (χ0v) is 14.4. The quantitative estimate of drug-likeness (QED) is 0.767. The van der Waals surface area contributed by atoms with Gasteiger partial charge in [-0.2, -0.15) is 0 Å². The smallest absolute Gasteiger partial charge is 0.303 e. The van der Waals surface area contributed by atoms with Crippen LogP contribution in [0.15, 0.2) is 30.3 Å². The summed E-state index contributed by atoms with van der Waals surface area (Å²) in [6, 6.07) is 9.66. The first-order valence-electron chi connectivity index (χ1n) is 8.65. The normalized spacial score (nSPS) is 21.6. The summed E-state index contributed by atoms with van der Waals surface area (Å²) in [6.07, 6.45) is 1.79. The van der Waals surface area contributed by atoms with Gasteiger partial charge in [0.2, 0.25) is 5.91 Å². The van der Waals surface area contributed by atoms with Gasteiger partial charge in [-0.25, -0.2) is 0 Å². The maximum atomic E-state index is 12.7. The lowest BCUT2D eigenvalue weighted by Crippen LogP contribution is -2.43. The first-order valence-corrected chi connectivity index (χ1v) is 8.65. The monoisotopic (exact) mass is 333 g/mol. The molecule has 3 atom stereocenters. The number of ether oxygens (including phenoxy) is 1. The molecule has 1 aromatic rings. The number of carboxylic acids is 1. The van der Waals surface area contributed by atoms with Crippen molar-refractivity contribution in [2.45, 2.75) is 51.7 Å². The molecule has 1 saturated heterocycles. The van der Waals surface area contributed by atoms with Crippen molar-refractivity contribution in [3.8, 4) is 0 Å². The number of hydrogen-bond acceptors (Lipinski definition) is 3. The van der Waals surface area contributed by atoms with E-state index in [1.807, 2.05) is 30.3 Å². The molecule has 0 aliphatic carbocycles. The molecular formula is C19H27NO4. The summed E-state index contributed by atoms with van der Waals surface area (Å²) < 4.78 is 5.69. The fraction of sp³-hybridized carbons (Fsp3) is 0.579. The number of benzene rings is 1. The van der Waals surface area contributed by atoms with E-state index in [2.05, 4.69) is 19.2 Å². The highest BCUT2D eigenvalue weighted by atomic mass is 16.5. The number of hydrogen-bond donors (Lipinski definition) is 2. The maximum absolute atomic E-state index is 12.7. The number of aliphatic carboxylic acids is 1. The molecule has 0 aromatic heterocycles. The van der Waals surface area contributed by atoms with Crippen molar-refractivity contribution in [1.29, 1.82) is 0 Å². The van der Waals surface area contributed by atoms with E-state index in [9.17, 15) is 9.59 Å². The van der Waals surface area contributed by atoms with Gasteiger partial charge in [0.05, 0.1) is 12.0 Å². The van der Waals surface area contributed by atoms with Crippen LogP contribution in [0.3, 0.4) is 0 Å². The molecule has 2 rings (SSSR count). The summed E-state index contributed by atoms with van der Waals surface area (Å²) in [5.41, 5.74) is 1.09. The van der Waals surface area contributed by atoms with Gasteiger partial charge in [-0.1, -0.05) is 44.2 Å². The van der Waals surface area contributed by atoms with Crippen molar-refractivity contribution in [2.24, 2.45) is 11.8 Å². The van der Waals surface area contributed by atoms with Crippen molar-refractivity contribution in [3.05, 3.63) is 35.9 Å². The molecule has 1 heterocycles. The van der Waals surface area contributed by atoms with E-state index in [-0.39, 0.29) is 36.3 Å². The number of carboxylic acid groups (broad SMARTS) is 1. The molecule has 0 radical (unpaired) electrons. The van der Waals surface area contributed by atoms with Crippen LogP contribution in [-0.4, -0.2) is 35.7 Å². The van der Waals surface area contributed by atoms with Gasteiger partial charge < -0.3 is 15.2 Å². The fourth-order valence-electron chi connectivity index (χ4n) is 3.28. The maximum Gasteiger partial charge on any atom is 0.303 e. The standard InChI is InChI=1S/C19H27NO4/c1-13(2)18-16(10-11-24-18)19(23)20-15(8-9-17(21)22)12-14-6-4-3-5-7-14/h3-7,13,15-16,18H,8-12H2,1-2H3,(H,20,23)(H,21,22). The minimum absolute atomic E-state index is 0.0162. The van der Waals surface area contributed by atoms with E-state index in [1.165, 1.54) is 0 Å². The zero-order valence-electron chi connectivity index (χ0n) is 14.4. The third-order valence-electron chi connectivity index (χ3n) is 4.51. The molecule has 2 N–H and O–H groups in total. The van der Waals surface area contributed by atoms with Crippen molar-refractivity contribution in [1.82, 2.24) is 5.32 Å². The molecule has 1 fully saturated rings. The van der Waals surface area contributed by atoms with E-state index in [0.717, 1.165) is 12.0 Å². The van der Waals surface area contributed by atoms with Crippen LogP contribution in [0.2, 0.25) is 0 Å². The van der Waals surface area contributed by atoms with Crippen LogP contribution in [0, 0.1) is 11.8 Å². The minimum atomic E-state index is -0.841. The third kappa shape index (κ3) is 5.34. The molecule has 132 valence electrons. The molecular weight excluding hydrogens is 306 g/mol. The molecule has 1 aliphatic heterocycles. The van der Waals surface area contributed by atoms with E-state index in [4.69, 9.17) is 9.84 Å². The van der Waals surface area contributed by atoms with Crippen LogP contribution in [0.5, 0.6) is 0 Å². The van der Waals surface area contributed by atoms with Gasteiger partial charge in [-0.3, -0.25) is 9.59 Å². The van der Waals surface area contributed by atoms with Crippen LogP contribution in [-0.2, 0) is 20.7 Å². The van der Waals surface area contributed by atoms with E-state index in [0.29, 0.717) is 19.4 Å². The predicted octanol–water partition coefficient (Wildman–Crippen LogP) is 2.64. The largest absolute Gasteiger partial charge is 0.481 e. The van der Waals surface area contributed by atoms with Gasteiger partial charge in [0, 0.05) is 19.1 Å². The van der Waals surface area contributed by atoms with Gasteiger partial charge in [0.25, 0.3) is 0 Å². The lowest BCUT2D eigenvalue weighted by molar-refractivity contribution is -0.137. The van der Waals surface area contributed by atoms with E-state index >= 15 is 0 Å². The van der Waals surface area contributed by atoms with Gasteiger partial charge >= 0.3 is 5.97 Å². The second-order valence-electron chi connectivity index (χ2n) is 6.80. The van der Waals surface area contributed by atoms with Gasteiger partial charge in [-0.05, 0) is 30.7 Å². The SMILES string of the molecule is CC(C)C1OCCC1C(=O)NC(CCC(=O)O)Cc1ccccc1. The average molecular weight is 333 g/mol. The number of amides is 1. The first kappa shape index (κ1) is 18.5. The van der Waals surface area contributed by atoms with Crippen LogP contribution < -0.4 is 5.32 Å². The van der Waals surface area contributed by atoms with Crippen molar-refractivity contribution in [2.75, 3.05) is 6.61 Å². The molecule has 3 unspecified atom stereocenters. The van der Waals surface area contributed by atoms with E-state index < -0.39 is 5.97 Å². The summed E-state index contributed by atoms with van der Waals surface area (Å²) >= 11 is 0. The molecule has 0 bridgehead atoms. The Labute approximate surface area is 143 Å². The molecule has 0 spiro atoms. The first-order chi connectivity index (χ1) is 11.5. The predicted molar refractivity (Wildman–Crippen MR) is 91.6 cm³/mol. The van der Waals surface area contributed by atoms with Crippen molar-refractivity contribution >= 4 is 11.9 Å². The Morgan fingerprint density at radius 1 is 1.29 bits per heavy atom. The number of nitrogens with one attached hydrogen (secondary N) is 1. The van der Waals surface area contributed by atoms with Crippen LogP contribution >= 0.6 is 0 Å². The summed E-state index contributed by atoms with van der Waals surface area (Å²) in [5.74, 6) is -0.716. The highest BCUT2D eigenvalue weighted by Gasteiger charge is 2.36. The molecule has 24 heavy (non-hydrogen) atoms. The Balaban J connectivity index is 2.00. The minimum Gasteiger partial charge on any atom is -0.481 e. The van der Waals surface area contributed by atoms with Crippen LogP contribution in [0.4, 0.5) is 0 Å². The molecule has 0 saturated carbocycles. The molecule has 5 heteroatoms. The Hall–Kier alpha value is -1.88. The van der Waals surface area contributed by atoms with Crippen molar-refractivity contribution < 1.29 is 19.4 Å². The zero-order chi connectivity index (χ0) is 17.5. The van der Waals surface area contributed by atoms with Crippen molar-refractivity contribution in [3.63, 3.8) is 0 Å². The molecule has 1 aromatic carbocycles. The van der Waals surface area contributed by atoms with Gasteiger partial charge in [0.1, 0.15) is 0 Å². The molecule has 1 aliphatic rings. The van der Waals surface area contributed by atoms with Crippen LogP contribution in [0.25, 0.3) is 0 Å². The molecule has 5 nitrogen and oxygen atoms in total. The Morgan fingerprint density at radius 2 is 2.00 bits per heavy atom. The highest BCUT2D eigenvalue weighted by molar-refractivity contribution is 5.80. The van der Waals surface area contributed by atoms with Gasteiger partial charge in [0.15, 0.2) is 0 Å². The fourth-order valence-corrected chi connectivity index (χ4v) is 3.28. The highest BCUT2D eigenvalue weighted by Crippen LogP contribution is 2.27. The number of rotatable bonds is 8. The Bertz CT molecular complexity index is 544. The topological polar surface area (TPSA) is 75.6 Å². The number of carbonyl (C=O) groups excluding carboxylic acids is 1. The Kier molecular flexibility index (Phi) is 6.79.